The van der Waals surface area contributed by atoms with Gasteiger partial charge in [0.25, 0.3) is 0 Å². The third-order valence-corrected chi connectivity index (χ3v) is 6.94. The maximum Gasteiger partial charge on any atom is 0.336 e. The number of aromatic amines is 1. The molecule has 5 rings (SSSR count). The zero-order valence-corrected chi connectivity index (χ0v) is 17.7. The van der Waals surface area contributed by atoms with Gasteiger partial charge < -0.3 is 20.1 Å². The van der Waals surface area contributed by atoms with Crippen molar-refractivity contribution in [2.24, 2.45) is 5.92 Å². The number of hydrogen-bond donors (Lipinski definition) is 3. The molecule has 3 aromatic rings. The van der Waals surface area contributed by atoms with Crippen molar-refractivity contribution in [1.82, 2.24) is 10.3 Å². The van der Waals surface area contributed by atoms with Crippen LogP contribution in [-0.2, 0) is 12.8 Å². The van der Waals surface area contributed by atoms with E-state index in [2.05, 4.69) is 10.3 Å². The van der Waals surface area contributed by atoms with Gasteiger partial charge in [-0.2, -0.15) is 0 Å². The second-order valence-electron chi connectivity index (χ2n) is 8.93. The topological polar surface area (TPSA) is 74.4 Å². The van der Waals surface area contributed by atoms with E-state index in [1.165, 1.54) is 12.5 Å². The molecule has 2 unspecified atom stereocenters. The van der Waals surface area contributed by atoms with Crippen molar-refractivity contribution in [1.29, 1.82) is 0 Å². The van der Waals surface area contributed by atoms with E-state index in [1.807, 2.05) is 6.07 Å². The number of carbonyl (C=O) groups is 1. The van der Waals surface area contributed by atoms with Gasteiger partial charge in [-0.3, -0.25) is 0 Å². The maximum absolute atomic E-state index is 14.0. The van der Waals surface area contributed by atoms with E-state index in [4.69, 9.17) is 4.74 Å². The van der Waals surface area contributed by atoms with Crippen molar-refractivity contribution < 1.29 is 23.4 Å². The molecule has 0 saturated heterocycles. The van der Waals surface area contributed by atoms with E-state index in [1.54, 1.807) is 18.3 Å². The first-order chi connectivity index (χ1) is 15.5. The van der Waals surface area contributed by atoms with Crippen LogP contribution in [0.3, 0.4) is 0 Å². The molecule has 0 bridgehead atoms. The van der Waals surface area contributed by atoms with E-state index in [0.29, 0.717) is 42.0 Å². The summed E-state index contributed by atoms with van der Waals surface area (Å²) in [6, 6.07) is 7.68. The SMILES string of the molecule is O=C(O)c1cccc2c1CC(NC(CCc1c[nH]c3c(F)cc(F)cc13)C1CCC1)CO2. The molecule has 2 atom stereocenters. The van der Waals surface area contributed by atoms with Crippen molar-refractivity contribution >= 4 is 16.9 Å². The highest BCUT2D eigenvalue weighted by molar-refractivity contribution is 5.90. The number of benzene rings is 2. The van der Waals surface area contributed by atoms with Gasteiger partial charge in [-0.25, -0.2) is 13.6 Å². The molecule has 1 aromatic heterocycles. The van der Waals surface area contributed by atoms with Gasteiger partial charge in [0, 0.05) is 35.3 Å². The summed E-state index contributed by atoms with van der Waals surface area (Å²) in [6.45, 7) is 0.489. The number of fused-ring (bicyclic) bond motifs is 2. The molecule has 0 spiro atoms. The normalized spacial score (nSPS) is 19.2. The van der Waals surface area contributed by atoms with Crippen LogP contribution in [-0.4, -0.2) is 34.8 Å². The van der Waals surface area contributed by atoms with Gasteiger partial charge >= 0.3 is 5.97 Å². The van der Waals surface area contributed by atoms with Crippen LogP contribution in [0.15, 0.2) is 36.5 Å². The fourth-order valence-electron chi connectivity index (χ4n) is 5.04. The molecule has 32 heavy (non-hydrogen) atoms. The molecule has 1 aliphatic carbocycles. The van der Waals surface area contributed by atoms with Gasteiger partial charge in [0.1, 0.15) is 24.0 Å². The molecule has 168 valence electrons. The van der Waals surface area contributed by atoms with Crippen molar-refractivity contribution in [2.45, 2.75) is 50.6 Å². The van der Waals surface area contributed by atoms with Crippen LogP contribution in [0.25, 0.3) is 10.9 Å². The molecule has 0 amide bonds. The summed E-state index contributed by atoms with van der Waals surface area (Å²) in [5.41, 5.74) is 2.27. The zero-order chi connectivity index (χ0) is 22.2. The number of rotatable bonds is 7. The van der Waals surface area contributed by atoms with Crippen LogP contribution < -0.4 is 10.1 Å². The number of carboxylic acids is 1. The molecule has 1 fully saturated rings. The van der Waals surface area contributed by atoms with E-state index in [-0.39, 0.29) is 17.6 Å². The zero-order valence-electron chi connectivity index (χ0n) is 17.7. The van der Waals surface area contributed by atoms with Crippen LogP contribution in [0.5, 0.6) is 5.75 Å². The predicted octanol–water partition coefficient (Wildman–Crippen LogP) is 4.84. The first-order valence-electron chi connectivity index (χ1n) is 11.2. The highest BCUT2D eigenvalue weighted by Crippen LogP contribution is 2.34. The van der Waals surface area contributed by atoms with Crippen molar-refractivity contribution in [3.05, 3.63) is 64.9 Å². The number of H-pyrrole nitrogens is 1. The first-order valence-corrected chi connectivity index (χ1v) is 11.2. The van der Waals surface area contributed by atoms with Crippen LogP contribution in [0.1, 0.15) is 47.2 Å². The minimum absolute atomic E-state index is 0.0199. The van der Waals surface area contributed by atoms with Gasteiger partial charge in [0.2, 0.25) is 0 Å². The second-order valence-corrected chi connectivity index (χ2v) is 8.93. The molecular weight excluding hydrogens is 414 g/mol. The number of carboxylic acid groups (broad SMARTS) is 1. The Morgan fingerprint density at radius 1 is 1.28 bits per heavy atom. The van der Waals surface area contributed by atoms with Gasteiger partial charge in [-0.05, 0) is 61.8 Å². The Kier molecular flexibility index (Phi) is 5.59. The fraction of sp³-hybridized carbons (Fsp3) is 0.400. The Morgan fingerprint density at radius 3 is 2.88 bits per heavy atom. The number of nitrogens with one attached hydrogen (secondary N) is 2. The highest BCUT2D eigenvalue weighted by Gasteiger charge is 2.31. The average molecular weight is 440 g/mol. The Hall–Kier alpha value is -2.93. The van der Waals surface area contributed by atoms with Crippen LogP contribution in [0, 0.1) is 17.6 Å². The fourth-order valence-corrected chi connectivity index (χ4v) is 5.04. The lowest BCUT2D eigenvalue weighted by molar-refractivity contribution is 0.0693. The first kappa shape index (κ1) is 20.9. The lowest BCUT2D eigenvalue weighted by atomic mass is 9.77. The third-order valence-electron chi connectivity index (χ3n) is 6.94. The van der Waals surface area contributed by atoms with Gasteiger partial charge in [-0.1, -0.05) is 12.5 Å². The lowest BCUT2D eigenvalue weighted by Crippen LogP contribution is -2.49. The Labute approximate surface area is 184 Å². The minimum atomic E-state index is -0.944. The predicted molar refractivity (Wildman–Crippen MR) is 117 cm³/mol. The smallest absolute Gasteiger partial charge is 0.336 e. The molecule has 1 aliphatic heterocycles. The monoisotopic (exact) mass is 440 g/mol. The van der Waals surface area contributed by atoms with Crippen LogP contribution in [0.2, 0.25) is 0 Å². The summed E-state index contributed by atoms with van der Waals surface area (Å²) in [7, 11) is 0. The van der Waals surface area contributed by atoms with Crippen molar-refractivity contribution in [3.8, 4) is 5.75 Å². The largest absolute Gasteiger partial charge is 0.492 e. The molecule has 3 N–H and O–H groups in total. The molecule has 2 heterocycles. The van der Waals surface area contributed by atoms with Crippen molar-refractivity contribution in [2.75, 3.05) is 6.61 Å². The Morgan fingerprint density at radius 2 is 2.12 bits per heavy atom. The summed E-state index contributed by atoms with van der Waals surface area (Å²) in [5, 5.41) is 13.8. The number of hydrogen-bond acceptors (Lipinski definition) is 3. The molecule has 7 heteroatoms. The highest BCUT2D eigenvalue weighted by atomic mass is 19.1. The lowest BCUT2D eigenvalue weighted by Gasteiger charge is -2.38. The number of halogens is 2. The summed E-state index contributed by atoms with van der Waals surface area (Å²) < 4.78 is 33.7. The molecule has 2 aromatic carbocycles. The van der Waals surface area contributed by atoms with Crippen LogP contribution >= 0.6 is 0 Å². The minimum Gasteiger partial charge on any atom is -0.492 e. The summed E-state index contributed by atoms with van der Waals surface area (Å²) in [5.74, 6) is -0.903. The Balaban J connectivity index is 1.31. The summed E-state index contributed by atoms with van der Waals surface area (Å²) in [6.07, 6.45) is 7.41. The summed E-state index contributed by atoms with van der Waals surface area (Å²) >= 11 is 0. The standard InChI is InChI=1S/C25H26F2N2O3/c26-16-9-19-15(12-28-24(19)21(27)10-16)7-8-22(14-3-1-4-14)29-17-11-20-18(25(30)31)5-2-6-23(20)32-13-17/h2,5-6,9-10,12,14,17,22,28-29H,1,3-4,7-8,11,13H2,(H,30,31). The van der Waals surface area contributed by atoms with E-state index in [0.717, 1.165) is 36.5 Å². The van der Waals surface area contributed by atoms with Gasteiger partial charge in [0.05, 0.1) is 11.1 Å². The number of aryl methyl sites for hydroxylation is 1. The van der Waals surface area contributed by atoms with E-state index in [9.17, 15) is 18.7 Å². The number of ether oxygens (including phenoxy) is 1. The second kappa shape index (κ2) is 8.54. The molecule has 2 aliphatic rings. The maximum atomic E-state index is 14.0. The van der Waals surface area contributed by atoms with Crippen molar-refractivity contribution in [3.63, 3.8) is 0 Å². The van der Waals surface area contributed by atoms with E-state index >= 15 is 0 Å². The summed E-state index contributed by atoms with van der Waals surface area (Å²) in [4.78, 5) is 14.6. The average Bonchev–Trinajstić information content (AvgIpc) is 3.13. The third kappa shape index (κ3) is 3.97. The number of aromatic carboxylic acids is 1. The molecular formula is C25H26F2N2O3. The van der Waals surface area contributed by atoms with Gasteiger partial charge in [-0.15, -0.1) is 0 Å². The molecule has 0 radical (unpaired) electrons. The number of aromatic nitrogens is 1. The quantitative estimate of drug-likeness (QED) is 0.492. The molecule has 5 nitrogen and oxygen atoms in total. The van der Waals surface area contributed by atoms with E-state index < -0.39 is 17.6 Å². The molecule has 1 saturated carbocycles. The van der Waals surface area contributed by atoms with Crippen LogP contribution in [0.4, 0.5) is 8.78 Å². The Bertz CT molecular complexity index is 1160. The van der Waals surface area contributed by atoms with Gasteiger partial charge in [0.15, 0.2) is 0 Å².